The van der Waals surface area contributed by atoms with Crippen molar-refractivity contribution in [3.63, 3.8) is 0 Å². The van der Waals surface area contributed by atoms with Crippen LogP contribution in [0.5, 0.6) is 0 Å². The first-order valence-corrected chi connectivity index (χ1v) is 6.75. The second-order valence-electron chi connectivity index (χ2n) is 4.99. The molecule has 0 unspecified atom stereocenters. The van der Waals surface area contributed by atoms with Crippen LogP contribution in [-0.2, 0) is 6.18 Å². The largest absolute Gasteiger partial charge is 0.419 e. The molecule has 0 N–H and O–H groups in total. The van der Waals surface area contributed by atoms with E-state index in [9.17, 15) is 22.4 Å². The minimum Gasteiger partial charge on any atom is -0.294 e. The molecule has 0 aliphatic rings. The van der Waals surface area contributed by atoms with Crippen LogP contribution in [0.15, 0.2) is 36.4 Å². The number of rotatable bonds is 3. The Morgan fingerprint density at radius 3 is 2.14 bits per heavy atom. The lowest BCUT2D eigenvalue weighted by atomic mass is 9.94. The van der Waals surface area contributed by atoms with Crippen molar-refractivity contribution in [3.05, 3.63) is 58.9 Å². The van der Waals surface area contributed by atoms with Gasteiger partial charge in [0.1, 0.15) is 11.4 Å². The Hall–Kier alpha value is -2.17. The fraction of sp³-hybridized carbons (Fsp3) is 0.235. The van der Waals surface area contributed by atoms with E-state index >= 15 is 0 Å². The first-order chi connectivity index (χ1) is 10.3. The van der Waals surface area contributed by atoms with Crippen molar-refractivity contribution >= 4 is 5.78 Å². The maximum absolute atomic E-state index is 14.4. The molecule has 0 radical (unpaired) electrons. The summed E-state index contributed by atoms with van der Waals surface area (Å²) < 4.78 is 54.0. The van der Waals surface area contributed by atoms with Crippen molar-refractivity contribution in [2.45, 2.75) is 26.4 Å². The standard InChI is InChI=1S/C17H14F4O/c1-3-14(22)13-9-8-12(11-6-4-10(2)5-7-11)16(18)15(13)17(19,20)21/h4-9H,3H2,1-2H3. The van der Waals surface area contributed by atoms with Gasteiger partial charge in [-0.05, 0) is 18.6 Å². The molecule has 1 nitrogen and oxygen atoms in total. The highest BCUT2D eigenvalue weighted by atomic mass is 19.4. The molecule has 2 rings (SSSR count). The van der Waals surface area contributed by atoms with Gasteiger partial charge in [0.25, 0.3) is 0 Å². The topological polar surface area (TPSA) is 17.1 Å². The third-order valence-electron chi connectivity index (χ3n) is 3.41. The van der Waals surface area contributed by atoms with E-state index in [-0.39, 0.29) is 12.0 Å². The minimum atomic E-state index is -4.93. The van der Waals surface area contributed by atoms with Gasteiger partial charge < -0.3 is 0 Å². The Kier molecular flexibility index (Phi) is 4.35. The van der Waals surface area contributed by atoms with Crippen LogP contribution in [0.25, 0.3) is 11.1 Å². The van der Waals surface area contributed by atoms with Crippen molar-refractivity contribution in [3.8, 4) is 11.1 Å². The molecule has 0 atom stereocenters. The highest BCUT2D eigenvalue weighted by Crippen LogP contribution is 2.38. The predicted molar refractivity (Wildman–Crippen MR) is 76.2 cm³/mol. The highest BCUT2D eigenvalue weighted by Gasteiger charge is 2.39. The third kappa shape index (κ3) is 3.03. The van der Waals surface area contributed by atoms with Crippen LogP contribution in [0.2, 0.25) is 0 Å². The molecule has 0 aliphatic carbocycles. The van der Waals surface area contributed by atoms with Crippen molar-refractivity contribution in [1.29, 1.82) is 0 Å². The maximum atomic E-state index is 14.4. The summed E-state index contributed by atoms with van der Waals surface area (Å²) in [5, 5.41) is 0. The number of Topliss-reactive ketones (excluding diaryl/α,β-unsaturated/α-hetero) is 1. The number of carbonyl (C=O) groups is 1. The van der Waals surface area contributed by atoms with E-state index in [4.69, 9.17) is 0 Å². The van der Waals surface area contributed by atoms with E-state index in [1.54, 1.807) is 24.3 Å². The molecule has 2 aromatic carbocycles. The minimum absolute atomic E-state index is 0.119. The van der Waals surface area contributed by atoms with E-state index in [1.807, 2.05) is 6.92 Å². The van der Waals surface area contributed by atoms with Crippen LogP contribution in [0.4, 0.5) is 17.6 Å². The van der Waals surface area contributed by atoms with Gasteiger partial charge in [0.2, 0.25) is 0 Å². The summed E-state index contributed by atoms with van der Waals surface area (Å²) in [7, 11) is 0. The van der Waals surface area contributed by atoms with Gasteiger partial charge in [0, 0.05) is 17.5 Å². The van der Waals surface area contributed by atoms with Gasteiger partial charge in [-0.1, -0.05) is 42.8 Å². The molecule has 0 heterocycles. The highest BCUT2D eigenvalue weighted by molar-refractivity contribution is 5.98. The van der Waals surface area contributed by atoms with Gasteiger partial charge in [-0.25, -0.2) is 4.39 Å². The van der Waals surface area contributed by atoms with E-state index in [0.717, 1.165) is 11.6 Å². The Bertz CT molecular complexity index is 700. The first-order valence-electron chi connectivity index (χ1n) is 6.75. The molecule has 22 heavy (non-hydrogen) atoms. The molecule has 116 valence electrons. The fourth-order valence-corrected chi connectivity index (χ4v) is 2.23. The van der Waals surface area contributed by atoms with Crippen LogP contribution < -0.4 is 0 Å². The Labute approximate surface area is 125 Å². The molecule has 2 aromatic rings. The molecule has 0 amide bonds. The van der Waals surface area contributed by atoms with E-state index in [1.165, 1.54) is 13.0 Å². The van der Waals surface area contributed by atoms with Gasteiger partial charge >= 0.3 is 6.18 Å². The number of alkyl halides is 3. The molecule has 5 heteroatoms. The predicted octanol–water partition coefficient (Wildman–Crippen LogP) is 5.41. The number of halogens is 4. The van der Waals surface area contributed by atoms with Crippen LogP contribution >= 0.6 is 0 Å². The quantitative estimate of drug-likeness (QED) is 0.547. The number of ketones is 1. The molecule has 0 fully saturated rings. The number of benzene rings is 2. The van der Waals surface area contributed by atoms with Crippen molar-refractivity contribution in [1.82, 2.24) is 0 Å². The lowest BCUT2D eigenvalue weighted by molar-refractivity contribution is -0.140. The van der Waals surface area contributed by atoms with Crippen LogP contribution in [0, 0.1) is 12.7 Å². The second kappa shape index (κ2) is 5.91. The van der Waals surface area contributed by atoms with Crippen LogP contribution in [0.3, 0.4) is 0 Å². The number of carbonyl (C=O) groups excluding carboxylic acids is 1. The van der Waals surface area contributed by atoms with E-state index in [2.05, 4.69) is 0 Å². The average molecular weight is 310 g/mol. The molecule has 0 saturated heterocycles. The normalized spacial score (nSPS) is 11.5. The Morgan fingerprint density at radius 2 is 1.64 bits per heavy atom. The fourth-order valence-electron chi connectivity index (χ4n) is 2.23. The summed E-state index contributed by atoms with van der Waals surface area (Å²) in [6.07, 6.45) is -5.04. The summed E-state index contributed by atoms with van der Waals surface area (Å²) in [5.74, 6) is -2.14. The number of hydrogen-bond donors (Lipinski definition) is 0. The van der Waals surface area contributed by atoms with Gasteiger partial charge in [-0.15, -0.1) is 0 Å². The summed E-state index contributed by atoms with van der Waals surface area (Å²) in [6.45, 7) is 3.26. The van der Waals surface area contributed by atoms with Gasteiger partial charge in [-0.2, -0.15) is 13.2 Å². The molecule has 0 bridgehead atoms. The van der Waals surface area contributed by atoms with Crippen LogP contribution in [-0.4, -0.2) is 5.78 Å². The van der Waals surface area contributed by atoms with E-state index in [0.29, 0.717) is 5.56 Å². The molecule has 0 aromatic heterocycles. The second-order valence-corrected chi connectivity index (χ2v) is 4.99. The summed E-state index contributed by atoms with van der Waals surface area (Å²) in [6, 6.07) is 8.75. The molecular formula is C17H14F4O. The van der Waals surface area contributed by atoms with Crippen molar-refractivity contribution < 1.29 is 22.4 Å². The number of hydrogen-bond acceptors (Lipinski definition) is 1. The van der Waals surface area contributed by atoms with Gasteiger partial charge in [0.15, 0.2) is 5.78 Å². The lowest BCUT2D eigenvalue weighted by Crippen LogP contribution is -2.16. The average Bonchev–Trinajstić information content (AvgIpc) is 2.46. The van der Waals surface area contributed by atoms with Crippen molar-refractivity contribution in [2.75, 3.05) is 0 Å². The van der Waals surface area contributed by atoms with Crippen molar-refractivity contribution in [2.24, 2.45) is 0 Å². The third-order valence-corrected chi connectivity index (χ3v) is 3.41. The summed E-state index contributed by atoms with van der Waals surface area (Å²) in [5.41, 5.74) is -1.03. The molecular weight excluding hydrogens is 296 g/mol. The molecule has 0 saturated carbocycles. The molecule has 0 spiro atoms. The maximum Gasteiger partial charge on any atom is 0.419 e. The van der Waals surface area contributed by atoms with Crippen LogP contribution in [0.1, 0.15) is 34.8 Å². The van der Waals surface area contributed by atoms with Gasteiger partial charge in [0.05, 0.1) is 0 Å². The smallest absolute Gasteiger partial charge is 0.294 e. The number of aryl methyl sites for hydroxylation is 1. The molecule has 0 aliphatic heterocycles. The summed E-state index contributed by atoms with van der Waals surface area (Å²) in [4.78, 5) is 11.7. The zero-order chi connectivity index (χ0) is 16.5. The van der Waals surface area contributed by atoms with Gasteiger partial charge in [-0.3, -0.25) is 4.79 Å². The Balaban J connectivity index is 2.69. The first kappa shape index (κ1) is 16.2. The summed E-state index contributed by atoms with van der Waals surface area (Å²) >= 11 is 0. The zero-order valence-electron chi connectivity index (χ0n) is 12.1. The van der Waals surface area contributed by atoms with E-state index < -0.39 is 28.9 Å². The lowest BCUT2D eigenvalue weighted by Gasteiger charge is -2.15. The SMILES string of the molecule is CCC(=O)c1ccc(-c2ccc(C)cc2)c(F)c1C(F)(F)F. The Morgan fingerprint density at radius 1 is 1.05 bits per heavy atom. The zero-order valence-corrected chi connectivity index (χ0v) is 12.1. The monoisotopic (exact) mass is 310 g/mol.